The van der Waals surface area contributed by atoms with E-state index in [0.29, 0.717) is 25.5 Å². The molecular weight excluding hydrogens is 440 g/mol. The Kier molecular flexibility index (Phi) is 7.36. The number of hydrogen-bond donors (Lipinski definition) is 1. The summed E-state index contributed by atoms with van der Waals surface area (Å²) in [7, 11) is -3.46. The lowest BCUT2D eigenvalue weighted by Crippen LogP contribution is -2.60. The number of aryl methyl sites for hydroxylation is 1. The Hall–Kier alpha value is -1.64. The first-order chi connectivity index (χ1) is 15.7. The van der Waals surface area contributed by atoms with E-state index in [9.17, 15) is 13.2 Å². The lowest BCUT2D eigenvalue weighted by molar-refractivity contribution is -0.140. The van der Waals surface area contributed by atoms with Gasteiger partial charge in [0.05, 0.1) is 24.0 Å². The van der Waals surface area contributed by atoms with E-state index in [0.717, 1.165) is 37.9 Å². The molecule has 1 N–H and O–H groups in total. The molecule has 2 bridgehead atoms. The Bertz CT molecular complexity index is 969. The summed E-state index contributed by atoms with van der Waals surface area (Å²) in [5.41, 5.74) is 3.72. The van der Waals surface area contributed by atoms with Crippen molar-refractivity contribution >= 4 is 15.9 Å². The van der Waals surface area contributed by atoms with Gasteiger partial charge in [-0.05, 0) is 89.3 Å². The van der Waals surface area contributed by atoms with Crippen LogP contribution < -0.4 is 9.46 Å². The quantitative estimate of drug-likeness (QED) is 0.720. The molecular formula is C25H38N2O5S. The molecule has 0 radical (unpaired) electrons. The molecule has 2 fully saturated rings. The van der Waals surface area contributed by atoms with Gasteiger partial charge in [0.1, 0.15) is 5.75 Å². The van der Waals surface area contributed by atoms with Crippen molar-refractivity contribution in [3.8, 4) is 5.75 Å². The number of ether oxygens (including phenoxy) is 2. The average molecular weight is 479 g/mol. The van der Waals surface area contributed by atoms with Crippen molar-refractivity contribution in [3.63, 3.8) is 0 Å². The van der Waals surface area contributed by atoms with Crippen LogP contribution in [-0.2, 0) is 19.6 Å². The van der Waals surface area contributed by atoms with Gasteiger partial charge in [0.25, 0.3) is 5.91 Å². The third kappa shape index (κ3) is 5.23. The molecule has 1 saturated carbocycles. The largest absolute Gasteiger partial charge is 0.483 e. The third-order valence-corrected chi connectivity index (χ3v) is 9.59. The van der Waals surface area contributed by atoms with Crippen molar-refractivity contribution in [2.75, 3.05) is 19.8 Å². The number of amides is 1. The van der Waals surface area contributed by atoms with E-state index in [4.69, 9.17) is 9.47 Å². The summed E-state index contributed by atoms with van der Waals surface area (Å²) in [5.74, 6) is 1.09. The van der Waals surface area contributed by atoms with Crippen LogP contribution in [0.3, 0.4) is 0 Å². The van der Waals surface area contributed by atoms with Crippen LogP contribution in [0.4, 0.5) is 0 Å². The highest BCUT2D eigenvalue weighted by atomic mass is 32.2. The number of hydrogen-bond acceptors (Lipinski definition) is 5. The number of benzene rings is 1. The second-order valence-corrected chi connectivity index (χ2v) is 12.4. The maximum atomic E-state index is 13.3. The van der Waals surface area contributed by atoms with Crippen LogP contribution >= 0.6 is 0 Å². The monoisotopic (exact) mass is 478 g/mol. The molecule has 0 spiro atoms. The predicted octanol–water partition coefficient (Wildman–Crippen LogP) is 3.43. The van der Waals surface area contributed by atoms with Gasteiger partial charge < -0.3 is 14.4 Å². The van der Waals surface area contributed by atoms with Gasteiger partial charge in [0.15, 0.2) is 6.61 Å². The van der Waals surface area contributed by atoms with Crippen LogP contribution in [0, 0.1) is 13.8 Å². The summed E-state index contributed by atoms with van der Waals surface area (Å²) in [6.45, 7) is 8.48. The highest BCUT2D eigenvalue weighted by Gasteiger charge is 2.38. The lowest BCUT2D eigenvalue weighted by atomic mass is 9.80. The smallest absolute Gasteiger partial charge is 0.260 e. The fourth-order valence-corrected chi connectivity index (χ4v) is 6.45. The lowest BCUT2D eigenvalue weighted by Gasteiger charge is -2.42. The van der Waals surface area contributed by atoms with Gasteiger partial charge in [0.2, 0.25) is 10.0 Å². The summed E-state index contributed by atoms with van der Waals surface area (Å²) in [6.07, 6.45) is 5.54. The molecule has 7 nitrogen and oxygen atoms in total. The van der Waals surface area contributed by atoms with Gasteiger partial charge in [-0.2, -0.15) is 0 Å². The molecule has 2 atom stereocenters. The maximum Gasteiger partial charge on any atom is 0.260 e. The molecule has 1 aliphatic carbocycles. The number of sulfonamides is 1. The predicted molar refractivity (Wildman–Crippen MR) is 128 cm³/mol. The molecule has 0 aromatic heterocycles. The fourth-order valence-electron chi connectivity index (χ4n) is 5.48. The van der Waals surface area contributed by atoms with Crippen LogP contribution in [0.15, 0.2) is 12.1 Å². The first-order valence-electron chi connectivity index (χ1n) is 12.3. The van der Waals surface area contributed by atoms with Crippen LogP contribution in [0.5, 0.6) is 5.75 Å². The maximum absolute atomic E-state index is 13.3. The van der Waals surface area contributed by atoms with Crippen molar-refractivity contribution in [1.29, 1.82) is 0 Å². The zero-order valence-electron chi connectivity index (χ0n) is 20.3. The molecule has 1 saturated heterocycles. The molecule has 1 aromatic carbocycles. The molecule has 3 aliphatic heterocycles. The first-order valence-corrected chi connectivity index (χ1v) is 13.9. The molecule has 3 heterocycles. The highest BCUT2D eigenvalue weighted by molar-refractivity contribution is 7.90. The van der Waals surface area contributed by atoms with Crippen molar-refractivity contribution < 1.29 is 22.7 Å². The number of rotatable bonds is 3. The van der Waals surface area contributed by atoms with E-state index >= 15 is 0 Å². The number of piperidine rings is 1. The summed E-state index contributed by atoms with van der Waals surface area (Å²) < 4.78 is 40.6. The number of carbonyl (C=O) groups excluding carboxylic acids is 1. The number of nitrogens with zero attached hydrogens (tertiary/aromatic N) is 1. The number of fused-ring (bicyclic) bond motifs is 5. The number of carbonyl (C=O) groups is 1. The zero-order valence-corrected chi connectivity index (χ0v) is 21.1. The topological polar surface area (TPSA) is 84.9 Å². The van der Waals surface area contributed by atoms with Crippen molar-refractivity contribution in [2.45, 2.75) is 95.6 Å². The SMILES string of the molecule is Cc1ccc2c(c1C)C1CCC(CC1)OCC1C(NS(=O)(=O)C(C)C)CCCN1C(=O)CO2. The minimum absolute atomic E-state index is 0.0498. The van der Waals surface area contributed by atoms with Gasteiger partial charge in [-0.1, -0.05) is 6.07 Å². The van der Waals surface area contributed by atoms with Crippen LogP contribution in [0.25, 0.3) is 0 Å². The Morgan fingerprint density at radius 3 is 2.52 bits per heavy atom. The van der Waals surface area contributed by atoms with E-state index in [1.807, 2.05) is 6.07 Å². The van der Waals surface area contributed by atoms with Crippen molar-refractivity contribution in [3.05, 3.63) is 28.8 Å². The van der Waals surface area contributed by atoms with E-state index in [1.54, 1.807) is 18.7 Å². The molecule has 5 rings (SSSR count). The van der Waals surface area contributed by atoms with E-state index in [-0.39, 0.29) is 30.7 Å². The molecule has 1 aromatic rings. The molecule has 184 valence electrons. The normalized spacial score (nSPS) is 28.9. The minimum atomic E-state index is -3.46. The molecule has 8 heteroatoms. The standard InChI is InChI=1S/C25H38N2O5S/c1-16(2)33(29,30)26-21-6-5-13-27-22(21)14-31-20-10-8-19(9-11-20)25-18(4)17(3)7-12-23(25)32-15-24(27)28/h7,12,16,19-22,26H,5-6,8-11,13-15H2,1-4H3. The Morgan fingerprint density at radius 2 is 1.82 bits per heavy atom. The summed E-state index contributed by atoms with van der Waals surface area (Å²) in [6, 6.07) is 3.38. The first kappa shape index (κ1) is 24.5. The Balaban J connectivity index is 1.63. The molecule has 33 heavy (non-hydrogen) atoms. The van der Waals surface area contributed by atoms with E-state index < -0.39 is 15.3 Å². The summed E-state index contributed by atoms with van der Waals surface area (Å²) in [5, 5.41) is -0.527. The van der Waals surface area contributed by atoms with Gasteiger partial charge in [-0.25, -0.2) is 13.1 Å². The number of nitrogens with one attached hydrogen (secondary N) is 1. The van der Waals surface area contributed by atoms with Gasteiger partial charge in [-0.15, -0.1) is 0 Å². The van der Waals surface area contributed by atoms with Crippen LogP contribution in [0.1, 0.15) is 75.0 Å². The van der Waals surface area contributed by atoms with Crippen LogP contribution in [-0.4, -0.2) is 62.4 Å². The zero-order chi connectivity index (χ0) is 23.8. The second-order valence-electron chi connectivity index (χ2n) is 10.1. The minimum Gasteiger partial charge on any atom is -0.483 e. The Morgan fingerprint density at radius 1 is 1.09 bits per heavy atom. The fraction of sp³-hybridized carbons (Fsp3) is 0.720. The summed E-state index contributed by atoms with van der Waals surface area (Å²) in [4.78, 5) is 15.1. The van der Waals surface area contributed by atoms with Crippen LogP contribution in [0.2, 0.25) is 0 Å². The highest BCUT2D eigenvalue weighted by Crippen LogP contribution is 2.41. The van der Waals surface area contributed by atoms with Gasteiger partial charge in [0, 0.05) is 18.2 Å². The molecule has 1 amide bonds. The third-order valence-electron chi connectivity index (χ3n) is 7.72. The molecule has 4 aliphatic rings. The van der Waals surface area contributed by atoms with Gasteiger partial charge >= 0.3 is 0 Å². The van der Waals surface area contributed by atoms with E-state index in [2.05, 4.69) is 24.6 Å². The summed E-state index contributed by atoms with van der Waals surface area (Å²) >= 11 is 0. The Labute approximate surface area is 198 Å². The average Bonchev–Trinajstić information content (AvgIpc) is 2.80. The van der Waals surface area contributed by atoms with Crippen molar-refractivity contribution in [1.82, 2.24) is 9.62 Å². The second kappa shape index (κ2) is 9.92. The van der Waals surface area contributed by atoms with Crippen molar-refractivity contribution in [2.24, 2.45) is 0 Å². The van der Waals surface area contributed by atoms with E-state index in [1.165, 1.54) is 16.7 Å². The molecule has 2 unspecified atom stereocenters. The van der Waals surface area contributed by atoms with Gasteiger partial charge in [-0.3, -0.25) is 4.79 Å².